The van der Waals surface area contributed by atoms with Crippen LogP contribution in [0.2, 0.25) is 19.6 Å². The fourth-order valence-corrected chi connectivity index (χ4v) is 1.70. The summed E-state index contributed by atoms with van der Waals surface area (Å²) in [4.78, 5) is 10.1. The summed E-state index contributed by atoms with van der Waals surface area (Å²) in [7, 11) is -1.43. The molecule has 0 aromatic carbocycles. The highest BCUT2D eigenvalue weighted by molar-refractivity contribution is 6.69. The Balaban J connectivity index is 3.06. The van der Waals surface area contributed by atoms with Crippen LogP contribution in [0.4, 0.5) is 0 Å². The molecule has 0 aliphatic carbocycles. The number of hydrogen-bond donors (Lipinski definition) is 1. The largest absolute Gasteiger partial charge is 0.480 e. The van der Waals surface area contributed by atoms with Crippen LogP contribution in [0.25, 0.3) is 0 Å². The first-order valence-electron chi connectivity index (χ1n) is 6.01. The average Bonchev–Trinajstić information content (AvgIpc) is 2.24. The fourth-order valence-electron chi connectivity index (χ4n) is 1.01. The lowest BCUT2D eigenvalue weighted by atomic mass is 10.7. The molecule has 0 aromatic rings. The number of aliphatic carboxylic acids is 1. The van der Waals surface area contributed by atoms with E-state index in [1.165, 1.54) is 0 Å². The molecule has 0 bridgehead atoms. The van der Waals surface area contributed by atoms with E-state index in [4.69, 9.17) is 23.7 Å². The molecule has 0 unspecified atom stereocenters. The maximum Gasteiger partial charge on any atom is 0.329 e. The van der Waals surface area contributed by atoms with Gasteiger partial charge in [-0.15, -0.1) is 0 Å². The monoisotopic (exact) mass is 280 g/mol. The van der Waals surface area contributed by atoms with Gasteiger partial charge in [-0.2, -0.15) is 0 Å². The second-order valence-corrected chi connectivity index (χ2v) is 9.15. The van der Waals surface area contributed by atoms with Crippen molar-refractivity contribution < 1.29 is 28.5 Å². The standard InChI is InChI=1S/C11H24O6Si/c1-18(2,3)17-9-8-15-5-4-14-6-7-16-10-11(12)13/h4-10H2,1-3H3,(H,12,13). The van der Waals surface area contributed by atoms with Gasteiger partial charge in [0.25, 0.3) is 0 Å². The molecule has 0 aliphatic rings. The molecule has 18 heavy (non-hydrogen) atoms. The number of carboxylic acid groups (broad SMARTS) is 1. The molecule has 0 aliphatic heterocycles. The summed E-state index contributed by atoms with van der Waals surface area (Å²) >= 11 is 0. The molecule has 1 N–H and O–H groups in total. The number of carboxylic acids is 1. The molecule has 0 saturated carbocycles. The highest BCUT2D eigenvalue weighted by Crippen LogP contribution is 2.01. The molecule has 0 rings (SSSR count). The SMILES string of the molecule is C[Si](C)(C)OCCOCCOCCOCC(=O)O. The van der Waals surface area contributed by atoms with Gasteiger partial charge in [-0.05, 0) is 19.6 Å². The van der Waals surface area contributed by atoms with E-state index >= 15 is 0 Å². The van der Waals surface area contributed by atoms with Gasteiger partial charge in [-0.3, -0.25) is 0 Å². The molecule has 0 saturated heterocycles. The summed E-state index contributed by atoms with van der Waals surface area (Å²) < 4.78 is 20.9. The molecule has 108 valence electrons. The smallest absolute Gasteiger partial charge is 0.329 e. The molecule has 7 heteroatoms. The van der Waals surface area contributed by atoms with Crippen molar-refractivity contribution in [2.75, 3.05) is 46.2 Å². The lowest BCUT2D eigenvalue weighted by molar-refractivity contribution is -0.142. The Morgan fingerprint density at radius 2 is 1.33 bits per heavy atom. The van der Waals surface area contributed by atoms with E-state index in [0.717, 1.165) is 0 Å². The minimum Gasteiger partial charge on any atom is -0.480 e. The average molecular weight is 280 g/mol. The van der Waals surface area contributed by atoms with Crippen molar-refractivity contribution in [2.24, 2.45) is 0 Å². The summed E-state index contributed by atoms with van der Waals surface area (Å²) in [6.45, 7) is 8.95. The van der Waals surface area contributed by atoms with Gasteiger partial charge in [0.2, 0.25) is 0 Å². The Morgan fingerprint density at radius 1 is 0.889 bits per heavy atom. The van der Waals surface area contributed by atoms with Gasteiger partial charge in [0.1, 0.15) is 6.61 Å². The Morgan fingerprint density at radius 3 is 1.78 bits per heavy atom. The van der Waals surface area contributed by atoms with E-state index in [1.807, 2.05) is 0 Å². The summed E-state index contributed by atoms with van der Waals surface area (Å²) in [6, 6.07) is 0. The van der Waals surface area contributed by atoms with E-state index in [-0.39, 0.29) is 13.2 Å². The molecule has 0 atom stereocenters. The summed E-state index contributed by atoms with van der Waals surface area (Å²) in [5.74, 6) is -0.972. The van der Waals surface area contributed by atoms with Crippen LogP contribution in [0.15, 0.2) is 0 Å². The number of ether oxygens (including phenoxy) is 3. The molecule has 6 nitrogen and oxygen atoms in total. The van der Waals surface area contributed by atoms with Crippen molar-refractivity contribution in [3.8, 4) is 0 Å². The van der Waals surface area contributed by atoms with Gasteiger partial charge in [-0.25, -0.2) is 4.79 Å². The predicted molar refractivity (Wildman–Crippen MR) is 69.4 cm³/mol. The summed E-state index contributed by atoms with van der Waals surface area (Å²) in [5, 5.41) is 8.30. The van der Waals surface area contributed by atoms with Gasteiger partial charge < -0.3 is 23.7 Å². The van der Waals surface area contributed by atoms with Gasteiger partial charge in [0.15, 0.2) is 8.32 Å². The molecule has 0 spiro atoms. The highest BCUT2D eigenvalue weighted by atomic mass is 28.4. The van der Waals surface area contributed by atoms with Crippen LogP contribution in [0.5, 0.6) is 0 Å². The Hall–Kier alpha value is -0.473. The molecular formula is C11H24O6Si. The Labute approximate surface area is 109 Å². The lowest BCUT2D eigenvalue weighted by Gasteiger charge is -2.16. The molecule has 0 heterocycles. The molecular weight excluding hydrogens is 256 g/mol. The van der Waals surface area contributed by atoms with Crippen LogP contribution < -0.4 is 0 Å². The van der Waals surface area contributed by atoms with Crippen LogP contribution in [-0.4, -0.2) is 65.6 Å². The van der Waals surface area contributed by atoms with E-state index in [0.29, 0.717) is 33.0 Å². The summed E-state index contributed by atoms with van der Waals surface area (Å²) in [5.41, 5.74) is 0. The van der Waals surface area contributed by atoms with Gasteiger partial charge in [0.05, 0.1) is 39.6 Å². The van der Waals surface area contributed by atoms with Crippen LogP contribution in [0.3, 0.4) is 0 Å². The fraction of sp³-hybridized carbons (Fsp3) is 0.909. The molecule has 0 fully saturated rings. The number of hydrogen-bond acceptors (Lipinski definition) is 5. The highest BCUT2D eigenvalue weighted by Gasteiger charge is 2.12. The van der Waals surface area contributed by atoms with Gasteiger partial charge in [0, 0.05) is 0 Å². The number of carbonyl (C=O) groups is 1. The quantitative estimate of drug-likeness (QED) is 0.424. The summed E-state index contributed by atoms with van der Waals surface area (Å²) in [6.07, 6.45) is 0. The zero-order chi connectivity index (χ0) is 13.9. The minimum absolute atomic E-state index is 0.283. The van der Waals surface area contributed by atoms with Crippen molar-refractivity contribution in [1.82, 2.24) is 0 Å². The van der Waals surface area contributed by atoms with Crippen molar-refractivity contribution in [3.63, 3.8) is 0 Å². The van der Waals surface area contributed by atoms with Crippen molar-refractivity contribution in [3.05, 3.63) is 0 Å². The third-order valence-corrected chi connectivity index (χ3v) is 2.80. The molecule has 0 aromatic heterocycles. The Bertz CT molecular complexity index is 216. The van der Waals surface area contributed by atoms with E-state index in [2.05, 4.69) is 19.6 Å². The van der Waals surface area contributed by atoms with Crippen molar-refractivity contribution >= 4 is 14.3 Å². The predicted octanol–water partition coefficient (Wildman–Crippen LogP) is 0.972. The first-order valence-corrected chi connectivity index (χ1v) is 9.41. The normalized spacial score (nSPS) is 11.7. The first-order chi connectivity index (χ1) is 8.42. The second kappa shape index (κ2) is 10.4. The zero-order valence-electron chi connectivity index (χ0n) is 11.4. The van der Waals surface area contributed by atoms with E-state index in [9.17, 15) is 4.79 Å². The zero-order valence-corrected chi connectivity index (χ0v) is 12.4. The topological polar surface area (TPSA) is 74.2 Å². The van der Waals surface area contributed by atoms with Crippen LogP contribution in [-0.2, 0) is 23.4 Å². The lowest BCUT2D eigenvalue weighted by Crippen LogP contribution is -2.27. The van der Waals surface area contributed by atoms with E-state index < -0.39 is 14.3 Å². The van der Waals surface area contributed by atoms with Gasteiger partial charge in [-0.1, -0.05) is 0 Å². The molecule has 0 radical (unpaired) electrons. The van der Waals surface area contributed by atoms with Crippen molar-refractivity contribution in [2.45, 2.75) is 19.6 Å². The van der Waals surface area contributed by atoms with Crippen LogP contribution in [0, 0.1) is 0 Å². The maximum absolute atomic E-state index is 10.1. The van der Waals surface area contributed by atoms with Crippen LogP contribution >= 0.6 is 0 Å². The second-order valence-electron chi connectivity index (χ2n) is 4.63. The van der Waals surface area contributed by atoms with Gasteiger partial charge >= 0.3 is 5.97 Å². The molecule has 0 amide bonds. The van der Waals surface area contributed by atoms with Crippen molar-refractivity contribution in [1.29, 1.82) is 0 Å². The van der Waals surface area contributed by atoms with E-state index in [1.54, 1.807) is 0 Å². The first kappa shape index (κ1) is 17.5. The maximum atomic E-state index is 10.1. The number of rotatable bonds is 12. The third kappa shape index (κ3) is 15.5. The minimum atomic E-state index is -1.43. The Kier molecular flexibility index (Phi) is 10.2. The van der Waals surface area contributed by atoms with Crippen LogP contribution in [0.1, 0.15) is 0 Å². The third-order valence-electron chi connectivity index (χ3n) is 1.73.